The van der Waals surface area contributed by atoms with E-state index in [0.717, 1.165) is 19.3 Å². The van der Waals surface area contributed by atoms with Crippen LogP contribution in [0.3, 0.4) is 0 Å². The van der Waals surface area contributed by atoms with E-state index in [-0.39, 0.29) is 17.5 Å². The molecule has 1 rings (SSSR count). The highest BCUT2D eigenvalue weighted by Gasteiger charge is 2.34. The summed E-state index contributed by atoms with van der Waals surface area (Å²) in [5.41, 5.74) is 5.66. The van der Waals surface area contributed by atoms with E-state index in [9.17, 15) is 4.79 Å². The van der Waals surface area contributed by atoms with E-state index in [1.54, 1.807) is 6.92 Å². The molecular formula is C10H16N2O. The summed E-state index contributed by atoms with van der Waals surface area (Å²) in [4.78, 5) is 11.3. The van der Waals surface area contributed by atoms with Crippen molar-refractivity contribution in [2.75, 3.05) is 0 Å². The van der Waals surface area contributed by atoms with Crippen molar-refractivity contribution < 1.29 is 4.79 Å². The Morgan fingerprint density at radius 1 is 1.77 bits per heavy atom. The van der Waals surface area contributed by atoms with Crippen molar-refractivity contribution in [2.45, 2.75) is 44.2 Å². The minimum absolute atomic E-state index is 0.0346. The van der Waals surface area contributed by atoms with Gasteiger partial charge in [0.15, 0.2) is 0 Å². The Labute approximate surface area is 79.1 Å². The standard InChI is InChI=1S/C10H16N2O/c1-3-8(2)12-9(13)7-10(11)5-4-6-10/h1,8H,4-7,11H2,2H3,(H,12,13). The van der Waals surface area contributed by atoms with Crippen LogP contribution in [0.5, 0.6) is 0 Å². The molecule has 0 bridgehead atoms. The van der Waals surface area contributed by atoms with E-state index >= 15 is 0 Å². The van der Waals surface area contributed by atoms with Crippen LogP contribution in [0.15, 0.2) is 0 Å². The maximum absolute atomic E-state index is 11.3. The van der Waals surface area contributed by atoms with Crippen LogP contribution in [-0.4, -0.2) is 17.5 Å². The van der Waals surface area contributed by atoms with Gasteiger partial charge in [0.2, 0.25) is 5.91 Å². The molecule has 3 nitrogen and oxygen atoms in total. The fraction of sp³-hybridized carbons (Fsp3) is 0.700. The van der Waals surface area contributed by atoms with Crippen molar-refractivity contribution in [2.24, 2.45) is 5.73 Å². The molecule has 1 amide bonds. The van der Waals surface area contributed by atoms with Crippen LogP contribution in [-0.2, 0) is 4.79 Å². The van der Waals surface area contributed by atoms with E-state index in [2.05, 4.69) is 11.2 Å². The van der Waals surface area contributed by atoms with Gasteiger partial charge < -0.3 is 11.1 Å². The normalized spacial score (nSPS) is 21.0. The second-order valence-corrected chi connectivity index (χ2v) is 3.85. The average molecular weight is 180 g/mol. The second-order valence-electron chi connectivity index (χ2n) is 3.85. The lowest BCUT2D eigenvalue weighted by atomic mass is 9.75. The van der Waals surface area contributed by atoms with Crippen LogP contribution in [0.25, 0.3) is 0 Å². The zero-order valence-electron chi connectivity index (χ0n) is 7.97. The molecule has 3 N–H and O–H groups in total. The number of nitrogens with one attached hydrogen (secondary N) is 1. The molecule has 0 saturated heterocycles. The first kappa shape index (κ1) is 10.1. The van der Waals surface area contributed by atoms with Crippen LogP contribution in [0.2, 0.25) is 0 Å². The Hall–Kier alpha value is -1.01. The lowest BCUT2D eigenvalue weighted by molar-refractivity contribution is -0.123. The topological polar surface area (TPSA) is 55.1 Å². The number of carbonyl (C=O) groups excluding carboxylic acids is 1. The Morgan fingerprint density at radius 3 is 2.77 bits per heavy atom. The highest BCUT2D eigenvalue weighted by molar-refractivity contribution is 5.78. The summed E-state index contributed by atoms with van der Waals surface area (Å²) in [6.07, 6.45) is 8.57. The monoisotopic (exact) mass is 180 g/mol. The molecule has 0 spiro atoms. The number of hydrogen-bond acceptors (Lipinski definition) is 2. The van der Waals surface area contributed by atoms with Gasteiger partial charge in [0, 0.05) is 12.0 Å². The molecule has 0 aromatic carbocycles. The Kier molecular flexibility index (Phi) is 2.94. The second kappa shape index (κ2) is 3.80. The zero-order valence-corrected chi connectivity index (χ0v) is 7.97. The number of carbonyl (C=O) groups is 1. The summed E-state index contributed by atoms with van der Waals surface area (Å²) < 4.78 is 0. The molecule has 1 atom stereocenters. The number of hydrogen-bond donors (Lipinski definition) is 2. The molecule has 3 heteroatoms. The highest BCUT2D eigenvalue weighted by atomic mass is 16.1. The van der Waals surface area contributed by atoms with Gasteiger partial charge in [-0.15, -0.1) is 6.42 Å². The minimum Gasteiger partial charge on any atom is -0.343 e. The molecular weight excluding hydrogens is 164 g/mol. The third-order valence-corrected chi connectivity index (χ3v) is 2.49. The molecule has 0 heterocycles. The van der Waals surface area contributed by atoms with Crippen LogP contribution >= 0.6 is 0 Å². The van der Waals surface area contributed by atoms with Crippen molar-refractivity contribution in [1.82, 2.24) is 5.32 Å². The molecule has 0 aromatic heterocycles. The van der Waals surface area contributed by atoms with E-state index in [1.165, 1.54) is 0 Å². The first-order valence-electron chi connectivity index (χ1n) is 4.60. The molecule has 0 aliphatic heterocycles. The first-order valence-corrected chi connectivity index (χ1v) is 4.60. The first-order chi connectivity index (χ1) is 6.06. The average Bonchev–Trinajstić information content (AvgIpc) is 2.01. The quantitative estimate of drug-likeness (QED) is 0.617. The van der Waals surface area contributed by atoms with Gasteiger partial charge in [0.25, 0.3) is 0 Å². The fourth-order valence-corrected chi connectivity index (χ4v) is 1.46. The van der Waals surface area contributed by atoms with Gasteiger partial charge in [-0.05, 0) is 26.2 Å². The summed E-state index contributed by atoms with van der Waals surface area (Å²) in [6.45, 7) is 1.78. The predicted octanol–water partition coefficient (Wildman–Crippen LogP) is 0.396. The lowest BCUT2D eigenvalue weighted by Gasteiger charge is -2.37. The van der Waals surface area contributed by atoms with Gasteiger partial charge in [0.1, 0.15) is 0 Å². The Morgan fingerprint density at radius 2 is 2.38 bits per heavy atom. The van der Waals surface area contributed by atoms with E-state index in [1.807, 2.05) is 0 Å². The van der Waals surface area contributed by atoms with Crippen LogP contribution < -0.4 is 11.1 Å². The van der Waals surface area contributed by atoms with Gasteiger partial charge in [-0.2, -0.15) is 0 Å². The lowest BCUT2D eigenvalue weighted by Crippen LogP contribution is -2.50. The summed E-state index contributed by atoms with van der Waals surface area (Å²) in [7, 11) is 0. The molecule has 1 aliphatic rings. The molecule has 72 valence electrons. The summed E-state index contributed by atoms with van der Waals surface area (Å²) in [5.74, 6) is 2.41. The third kappa shape index (κ3) is 2.74. The number of rotatable bonds is 3. The molecule has 0 radical (unpaired) electrons. The van der Waals surface area contributed by atoms with Crippen LogP contribution in [0.4, 0.5) is 0 Å². The Bertz CT molecular complexity index is 238. The smallest absolute Gasteiger partial charge is 0.222 e. The van der Waals surface area contributed by atoms with Gasteiger partial charge >= 0.3 is 0 Å². The highest BCUT2D eigenvalue weighted by Crippen LogP contribution is 2.31. The molecule has 1 fully saturated rings. The molecule has 13 heavy (non-hydrogen) atoms. The van der Waals surface area contributed by atoms with Crippen molar-refractivity contribution in [1.29, 1.82) is 0 Å². The number of terminal acetylenes is 1. The SMILES string of the molecule is C#CC(C)NC(=O)CC1(N)CCC1. The summed E-state index contributed by atoms with van der Waals surface area (Å²) in [6, 6.07) is -0.198. The van der Waals surface area contributed by atoms with Crippen LogP contribution in [0.1, 0.15) is 32.6 Å². The largest absolute Gasteiger partial charge is 0.343 e. The molecule has 1 saturated carbocycles. The number of amides is 1. The van der Waals surface area contributed by atoms with Gasteiger partial charge in [-0.1, -0.05) is 5.92 Å². The van der Waals surface area contributed by atoms with E-state index in [4.69, 9.17) is 12.2 Å². The van der Waals surface area contributed by atoms with Crippen molar-refractivity contribution in [3.05, 3.63) is 0 Å². The third-order valence-electron chi connectivity index (χ3n) is 2.49. The van der Waals surface area contributed by atoms with Gasteiger partial charge in [0.05, 0.1) is 6.04 Å². The van der Waals surface area contributed by atoms with Crippen molar-refractivity contribution >= 4 is 5.91 Å². The molecule has 1 unspecified atom stereocenters. The van der Waals surface area contributed by atoms with E-state index in [0.29, 0.717) is 6.42 Å². The fourth-order valence-electron chi connectivity index (χ4n) is 1.46. The minimum atomic E-state index is -0.252. The Balaban J connectivity index is 2.29. The summed E-state index contributed by atoms with van der Waals surface area (Å²) in [5, 5.41) is 2.70. The van der Waals surface area contributed by atoms with E-state index < -0.39 is 0 Å². The molecule has 1 aliphatic carbocycles. The number of nitrogens with two attached hydrogens (primary N) is 1. The predicted molar refractivity (Wildman–Crippen MR) is 51.8 cm³/mol. The van der Waals surface area contributed by atoms with Crippen LogP contribution in [0, 0.1) is 12.3 Å². The maximum Gasteiger partial charge on any atom is 0.222 e. The van der Waals surface area contributed by atoms with Gasteiger partial charge in [-0.25, -0.2) is 0 Å². The molecule has 0 aromatic rings. The van der Waals surface area contributed by atoms with Crippen molar-refractivity contribution in [3.8, 4) is 12.3 Å². The maximum atomic E-state index is 11.3. The summed E-state index contributed by atoms with van der Waals surface area (Å²) >= 11 is 0. The van der Waals surface area contributed by atoms with Gasteiger partial charge in [-0.3, -0.25) is 4.79 Å². The van der Waals surface area contributed by atoms with Crippen molar-refractivity contribution in [3.63, 3.8) is 0 Å². The zero-order chi connectivity index (χ0) is 9.90.